The molecule has 0 aliphatic rings. The number of benzene rings is 2. The maximum absolute atomic E-state index is 12.0. The van der Waals surface area contributed by atoms with E-state index in [2.05, 4.69) is 49.0 Å². The van der Waals surface area contributed by atoms with Crippen molar-refractivity contribution < 1.29 is 4.79 Å². The maximum Gasteiger partial charge on any atom is 0.251 e. The molecule has 2 aromatic carbocycles. The molecular weight excluding hydrogens is 507 g/mol. The van der Waals surface area contributed by atoms with Crippen molar-refractivity contribution in [1.29, 1.82) is 0 Å². The normalized spacial score (nSPS) is 10.6. The Morgan fingerprint density at radius 3 is 2.19 bits per heavy atom. The molecule has 0 bridgehead atoms. The highest BCUT2D eigenvalue weighted by Crippen LogP contribution is 2.10. The molecule has 26 heavy (non-hydrogen) atoms. The lowest BCUT2D eigenvalue weighted by molar-refractivity contribution is 0.0954. The first-order valence-corrected chi connectivity index (χ1v) is 9.00. The van der Waals surface area contributed by atoms with Crippen molar-refractivity contribution in [2.24, 2.45) is 4.99 Å². The molecular formula is C19H24BrIN4O. The zero-order valence-corrected chi connectivity index (χ0v) is 18.6. The quantitative estimate of drug-likeness (QED) is 0.223. The van der Waals surface area contributed by atoms with Crippen molar-refractivity contribution in [1.82, 2.24) is 16.0 Å². The Labute approximate surface area is 180 Å². The highest BCUT2D eigenvalue weighted by Gasteiger charge is 2.04. The second kappa shape index (κ2) is 12.7. The molecule has 7 heteroatoms. The van der Waals surface area contributed by atoms with Gasteiger partial charge >= 0.3 is 0 Å². The Bertz CT molecular complexity index is 692. The van der Waals surface area contributed by atoms with Gasteiger partial charge in [0.1, 0.15) is 0 Å². The molecule has 2 aromatic rings. The molecule has 3 N–H and O–H groups in total. The molecule has 0 atom stereocenters. The number of halogens is 2. The Morgan fingerprint density at radius 2 is 1.54 bits per heavy atom. The molecule has 0 saturated carbocycles. The average molecular weight is 531 g/mol. The second-order valence-electron chi connectivity index (χ2n) is 5.42. The van der Waals surface area contributed by atoms with E-state index in [0.29, 0.717) is 18.7 Å². The van der Waals surface area contributed by atoms with Crippen molar-refractivity contribution in [3.8, 4) is 0 Å². The van der Waals surface area contributed by atoms with Crippen LogP contribution >= 0.6 is 39.9 Å². The van der Waals surface area contributed by atoms with Gasteiger partial charge in [-0.1, -0.05) is 46.3 Å². The largest absolute Gasteiger partial charge is 0.356 e. The summed E-state index contributed by atoms with van der Waals surface area (Å²) >= 11 is 3.36. The zero-order valence-electron chi connectivity index (χ0n) is 14.7. The summed E-state index contributed by atoms with van der Waals surface area (Å²) in [6.07, 6.45) is 0.932. The molecule has 0 aliphatic carbocycles. The number of nitrogens with one attached hydrogen (secondary N) is 3. The van der Waals surface area contributed by atoms with Crippen LogP contribution < -0.4 is 16.0 Å². The van der Waals surface area contributed by atoms with Crippen LogP contribution in [0.2, 0.25) is 0 Å². The first-order valence-electron chi connectivity index (χ1n) is 8.21. The van der Waals surface area contributed by atoms with Crippen LogP contribution in [0.4, 0.5) is 0 Å². The SMILES string of the molecule is CN=C(NCCNC(=O)c1ccc(Br)cc1)NCCc1ccccc1.I. The first-order chi connectivity index (χ1) is 12.2. The second-order valence-corrected chi connectivity index (χ2v) is 6.34. The smallest absolute Gasteiger partial charge is 0.251 e. The molecule has 0 fully saturated rings. The standard InChI is InChI=1S/C19H23BrN4O.HI/c1-21-19(23-12-11-15-5-3-2-4-6-15)24-14-13-22-18(25)16-7-9-17(20)10-8-16;/h2-10H,11-14H2,1H3,(H,22,25)(H2,21,23,24);1H. The number of carbonyl (C=O) groups is 1. The van der Waals surface area contributed by atoms with Crippen molar-refractivity contribution in [3.63, 3.8) is 0 Å². The van der Waals surface area contributed by atoms with Crippen LogP contribution in [0.25, 0.3) is 0 Å². The van der Waals surface area contributed by atoms with E-state index >= 15 is 0 Å². The first kappa shape index (κ1) is 22.4. The summed E-state index contributed by atoms with van der Waals surface area (Å²) in [5.74, 6) is 0.648. The van der Waals surface area contributed by atoms with Gasteiger partial charge in [0.25, 0.3) is 5.91 Å². The summed E-state index contributed by atoms with van der Waals surface area (Å²) in [4.78, 5) is 16.2. The Kier molecular flexibility index (Phi) is 11.0. The lowest BCUT2D eigenvalue weighted by Crippen LogP contribution is -2.42. The Balaban J connectivity index is 0.00000338. The third-order valence-corrected chi connectivity index (χ3v) is 4.11. The van der Waals surface area contributed by atoms with Crippen LogP contribution in [0.5, 0.6) is 0 Å². The van der Waals surface area contributed by atoms with Crippen molar-refractivity contribution in [2.75, 3.05) is 26.7 Å². The predicted molar refractivity (Wildman–Crippen MR) is 121 cm³/mol. The third-order valence-electron chi connectivity index (χ3n) is 3.58. The number of aliphatic imine (C=N–C) groups is 1. The summed E-state index contributed by atoms with van der Waals surface area (Å²) in [5, 5.41) is 9.33. The summed E-state index contributed by atoms with van der Waals surface area (Å²) in [6, 6.07) is 17.6. The van der Waals surface area contributed by atoms with Gasteiger partial charge in [-0.2, -0.15) is 0 Å². The topological polar surface area (TPSA) is 65.5 Å². The van der Waals surface area contributed by atoms with Gasteiger partial charge in [-0.3, -0.25) is 9.79 Å². The van der Waals surface area contributed by atoms with E-state index in [1.807, 2.05) is 30.3 Å². The monoisotopic (exact) mass is 530 g/mol. The van der Waals surface area contributed by atoms with Gasteiger partial charge in [0.05, 0.1) is 0 Å². The van der Waals surface area contributed by atoms with Crippen LogP contribution in [0, 0.1) is 0 Å². The molecule has 0 spiro atoms. The molecule has 0 radical (unpaired) electrons. The van der Waals surface area contributed by atoms with Crippen LogP contribution in [0.1, 0.15) is 15.9 Å². The van der Waals surface area contributed by atoms with Crippen LogP contribution in [0.3, 0.4) is 0 Å². The van der Waals surface area contributed by atoms with E-state index in [1.165, 1.54) is 5.56 Å². The van der Waals surface area contributed by atoms with E-state index in [4.69, 9.17) is 0 Å². The van der Waals surface area contributed by atoms with Gasteiger partial charge in [-0.05, 0) is 36.2 Å². The van der Waals surface area contributed by atoms with E-state index in [-0.39, 0.29) is 29.9 Å². The number of hydrogen-bond donors (Lipinski definition) is 3. The van der Waals surface area contributed by atoms with Gasteiger partial charge in [-0.15, -0.1) is 24.0 Å². The number of nitrogens with zero attached hydrogens (tertiary/aromatic N) is 1. The molecule has 0 aromatic heterocycles. The Hall–Kier alpha value is -1.61. The van der Waals surface area contributed by atoms with Gasteiger partial charge < -0.3 is 16.0 Å². The van der Waals surface area contributed by atoms with Crippen LogP contribution in [0.15, 0.2) is 64.1 Å². The lowest BCUT2D eigenvalue weighted by Gasteiger charge is -2.12. The molecule has 0 aliphatic heterocycles. The van der Waals surface area contributed by atoms with Gasteiger partial charge in [0, 0.05) is 36.7 Å². The van der Waals surface area contributed by atoms with Crippen LogP contribution in [-0.4, -0.2) is 38.5 Å². The number of guanidine groups is 1. The van der Waals surface area contributed by atoms with E-state index in [0.717, 1.165) is 23.4 Å². The fourth-order valence-corrected chi connectivity index (χ4v) is 2.52. The fraction of sp³-hybridized carbons (Fsp3) is 0.263. The maximum atomic E-state index is 12.0. The fourth-order valence-electron chi connectivity index (χ4n) is 2.25. The molecule has 0 saturated heterocycles. The molecule has 140 valence electrons. The average Bonchev–Trinajstić information content (AvgIpc) is 2.65. The molecule has 1 amide bonds. The minimum absolute atomic E-state index is 0. The van der Waals surface area contributed by atoms with E-state index in [1.54, 1.807) is 19.2 Å². The van der Waals surface area contributed by atoms with Gasteiger partial charge in [0.2, 0.25) is 0 Å². The minimum atomic E-state index is -0.0821. The number of rotatable bonds is 7. The van der Waals surface area contributed by atoms with Gasteiger partial charge in [-0.25, -0.2) is 0 Å². The number of amides is 1. The van der Waals surface area contributed by atoms with Gasteiger partial charge in [0.15, 0.2) is 5.96 Å². The third kappa shape index (κ3) is 8.18. The zero-order chi connectivity index (χ0) is 17.9. The summed E-state index contributed by atoms with van der Waals surface area (Å²) in [5.41, 5.74) is 1.93. The summed E-state index contributed by atoms with van der Waals surface area (Å²) in [7, 11) is 1.73. The summed E-state index contributed by atoms with van der Waals surface area (Å²) < 4.78 is 0.955. The number of hydrogen-bond acceptors (Lipinski definition) is 2. The van der Waals surface area contributed by atoms with E-state index in [9.17, 15) is 4.79 Å². The lowest BCUT2D eigenvalue weighted by atomic mass is 10.1. The molecule has 0 unspecified atom stereocenters. The number of carbonyl (C=O) groups excluding carboxylic acids is 1. The van der Waals surface area contributed by atoms with Crippen molar-refractivity contribution >= 4 is 51.8 Å². The molecule has 5 nitrogen and oxygen atoms in total. The Morgan fingerprint density at radius 1 is 0.923 bits per heavy atom. The highest BCUT2D eigenvalue weighted by atomic mass is 127. The summed E-state index contributed by atoms with van der Waals surface area (Å²) in [6.45, 7) is 1.93. The minimum Gasteiger partial charge on any atom is -0.356 e. The highest BCUT2D eigenvalue weighted by molar-refractivity contribution is 14.0. The van der Waals surface area contributed by atoms with Crippen LogP contribution in [-0.2, 0) is 6.42 Å². The molecule has 2 rings (SSSR count). The molecule has 0 heterocycles. The van der Waals surface area contributed by atoms with Crippen molar-refractivity contribution in [3.05, 3.63) is 70.2 Å². The van der Waals surface area contributed by atoms with E-state index < -0.39 is 0 Å². The van der Waals surface area contributed by atoms with Crippen molar-refractivity contribution in [2.45, 2.75) is 6.42 Å². The predicted octanol–water partition coefficient (Wildman–Crippen LogP) is 3.20.